The van der Waals surface area contributed by atoms with Crippen LogP contribution in [0.3, 0.4) is 0 Å². The second kappa shape index (κ2) is 6.76. The first-order valence-electron chi connectivity index (χ1n) is 7.74. The van der Waals surface area contributed by atoms with Crippen LogP contribution in [-0.2, 0) is 11.3 Å². The molecule has 1 aliphatic rings. The molecule has 1 aromatic rings. The number of halogens is 3. The highest BCUT2D eigenvalue weighted by molar-refractivity contribution is 5.79. The van der Waals surface area contributed by atoms with E-state index >= 15 is 0 Å². The van der Waals surface area contributed by atoms with E-state index in [9.17, 15) is 22.8 Å². The molecule has 4 nitrogen and oxygen atoms in total. The SMILES string of the molecule is Cc1cc(C)c(CNC(=O)[C@@H]2CCCC[C@@H]2C(F)(F)F)c(=O)[nH]1. The normalized spacial score (nSPS) is 22.0. The lowest BCUT2D eigenvalue weighted by Crippen LogP contribution is -2.42. The van der Waals surface area contributed by atoms with E-state index < -0.39 is 23.9 Å². The zero-order valence-corrected chi connectivity index (χ0v) is 13.2. The van der Waals surface area contributed by atoms with Crippen LogP contribution >= 0.6 is 0 Å². The molecule has 0 aromatic carbocycles. The molecule has 1 heterocycles. The molecular weight excluding hydrogens is 309 g/mol. The summed E-state index contributed by atoms with van der Waals surface area (Å²) < 4.78 is 39.2. The first kappa shape index (κ1) is 17.6. The van der Waals surface area contributed by atoms with Crippen LogP contribution in [0.2, 0.25) is 0 Å². The number of carbonyl (C=O) groups is 1. The van der Waals surface area contributed by atoms with Gasteiger partial charge in [-0.25, -0.2) is 0 Å². The summed E-state index contributed by atoms with van der Waals surface area (Å²) in [6.07, 6.45) is -3.02. The summed E-state index contributed by atoms with van der Waals surface area (Å²) in [5.74, 6) is -3.27. The Morgan fingerprint density at radius 1 is 1.30 bits per heavy atom. The average Bonchev–Trinajstić information content (AvgIpc) is 2.45. The molecule has 0 aliphatic heterocycles. The van der Waals surface area contributed by atoms with Crippen molar-refractivity contribution in [3.05, 3.63) is 33.2 Å². The molecule has 0 spiro atoms. The van der Waals surface area contributed by atoms with Gasteiger partial charge in [0.2, 0.25) is 5.91 Å². The van der Waals surface area contributed by atoms with Crippen LogP contribution in [0.5, 0.6) is 0 Å². The Morgan fingerprint density at radius 3 is 2.57 bits per heavy atom. The van der Waals surface area contributed by atoms with Crippen molar-refractivity contribution in [2.45, 2.75) is 52.3 Å². The van der Waals surface area contributed by atoms with Gasteiger partial charge in [0, 0.05) is 23.7 Å². The Bertz CT molecular complexity index is 637. The first-order chi connectivity index (χ1) is 10.7. The fourth-order valence-electron chi connectivity index (χ4n) is 3.24. The highest BCUT2D eigenvalue weighted by atomic mass is 19.4. The van der Waals surface area contributed by atoms with E-state index in [1.165, 1.54) is 0 Å². The lowest BCUT2D eigenvalue weighted by Gasteiger charge is -2.32. The lowest BCUT2D eigenvalue weighted by atomic mass is 9.78. The second-order valence-electron chi connectivity index (χ2n) is 6.20. The van der Waals surface area contributed by atoms with Crippen LogP contribution in [0.1, 0.15) is 42.5 Å². The van der Waals surface area contributed by atoms with Crippen molar-refractivity contribution in [3.63, 3.8) is 0 Å². The largest absolute Gasteiger partial charge is 0.392 e. The number of carbonyl (C=O) groups excluding carboxylic acids is 1. The maximum atomic E-state index is 13.1. The third-order valence-corrected chi connectivity index (χ3v) is 4.46. The third-order valence-electron chi connectivity index (χ3n) is 4.46. The van der Waals surface area contributed by atoms with Crippen molar-refractivity contribution < 1.29 is 18.0 Å². The van der Waals surface area contributed by atoms with Crippen molar-refractivity contribution in [3.8, 4) is 0 Å². The highest BCUT2D eigenvalue weighted by Gasteiger charge is 2.47. The number of hydrogen-bond acceptors (Lipinski definition) is 2. The highest BCUT2D eigenvalue weighted by Crippen LogP contribution is 2.41. The van der Waals surface area contributed by atoms with Crippen molar-refractivity contribution in [2.24, 2.45) is 11.8 Å². The Morgan fingerprint density at radius 2 is 1.96 bits per heavy atom. The van der Waals surface area contributed by atoms with E-state index in [1.54, 1.807) is 19.9 Å². The summed E-state index contributed by atoms with van der Waals surface area (Å²) >= 11 is 0. The number of hydrogen-bond donors (Lipinski definition) is 2. The van der Waals surface area contributed by atoms with Gasteiger partial charge in [0.1, 0.15) is 0 Å². The van der Waals surface area contributed by atoms with Gasteiger partial charge in [-0.15, -0.1) is 0 Å². The molecule has 23 heavy (non-hydrogen) atoms. The van der Waals surface area contributed by atoms with E-state index in [0.717, 1.165) is 0 Å². The minimum Gasteiger partial charge on any atom is -0.352 e. The van der Waals surface area contributed by atoms with Gasteiger partial charge in [0.05, 0.1) is 5.92 Å². The van der Waals surface area contributed by atoms with Crippen LogP contribution in [0.25, 0.3) is 0 Å². The van der Waals surface area contributed by atoms with E-state index in [-0.39, 0.29) is 24.9 Å². The van der Waals surface area contributed by atoms with E-state index in [2.05, 4.69) is 10.3 Å². The molecule has 1 fully saturated rings. The van der Waals surface area contributed by atoms with Gasteiger partial charge in [-0.3, -0.25) is 9.59 Å². The monoisotopic (exact) mass is 330 g/mol. The van der Waals surface area contributed by atoms with Gasteiger partial charge in [-0.05, 0) is 38.3 Å². The molecule has 1 aliphatic carbocycles. The zero-order valence-electron chi connectivity index (χ0n) is 13.2. The number of rotatable bonds is 3. The van der Waals surface area contributed by atoms with Crippen molar-refractivity contribution in [2.75, 3.05) is 0 Å². The minimum atomic E-state index is -4.36. The Kier molecular flexibility index (Phi) is 5.16. The number of alkyl halides is 3. The molecule has 0 bridgehead atoms. The van der Waals surface area contributed by atoms with Crippen LogP contribution in [-0.4, -0.2) is 17.1 Å². The molecular formula is C16H21F3N2O2. The summed E-state index contributed by atoms with van der Waals surface area (Å²) in [7, 11) is 0. The average molecular weight is 330 g/mol. The summed E-state index contributed by atoms with van der Waals surface area (Å²) in [5.41, 5.74) is 1.47. The third kappa shape index (κ3) is 4.14. The Labute approximate surface area is 132 Å². The minimum absolute atomic E-state index is 0.00820. The summed E-state index contributed by atoms with van der Waals surface area (Å²) in [6.45, 7) is 3.43. The maximum Gasteiger partial charge on any atom is 0.392 e. The predicted octanol–water partition coefficient (Wildman–Crippen LogP) is 2.98. The number of aryl methyl sites for hydroxylation is 2. The molecule has 128 valence electrons. The zero-order chi connectivity index (χ0) is 17.2. The molecule has 2 rings (SSSR count). The molecule has 2 N–H and O–H groups in total. The number of aromatic amines is 1. The predicted molar refractivity (Wildman–Crippen MR) is 79.9 cm³/mol. The lowest BCUT2D eigenvalue weighted by molar-refractivity contribution is -0.198. The van der Waals surface area contributed by atoms with Crippen LogP contribution in [0.15, 0.2) is 10.9 Å². The number of H-pyrrole nitrogens is 1. The van der Waals surface area contributed by atoms with Crippen LogP contribution < -0.4 is 10.9 Å². The van der Waals surface area contributed by atoms with Crippen molar-refractivity contribution in [1.29, 1.82) is 0 Å². The first-order valence-corrected chi connectivity index (χ1v) is 7.74. The fourth-order valence-corrected chi connectivity index (χ4v) is 3.24. The topological polar surface area (TPSA) is 62.0 Å². The van der Waals surface area contributed by atoms with E-state index in [4.69, 9.17) is 0 Å². The van der Waals surface area contributed by atoms with Gasteiger partial charge >= 0.3 is 6.18 Å². The number of pyridine rings is 1. The number of aromatic nitrogens is 1. The van der Waals surface area contributed by atoms with Gasteiger partial charge in [0.15, 0.2) is 0 Å². The second-order valence-corrected chi connectivity index (χ2v) is 6.20. The molecule has 7 heteroatoms. The summed E-state index contributed by atoms with van der Waals surface area (Å²) in [4.78, 5) is 26.7. The fraction of sp³-hybridized carbons (Fsp3) is 0.625. The molecule has 0 radical (unpaired) electrons. The van der Waals surface area contributed by atoms with Gasteiger partial charge in [0.25, 0.3) is 5.56 Å². The standard InChI is InChI=1S/C16H21F3N2O2/c1-9-7-10(2)21-15(23)12(9)8-20-14(22)11-5-3-4-6-13(11)16(17,18)19/h7,11,13H,3-6,8H2,1-2H3,(H,20,22)(H,21,23)/t11-,13+/m1/s1. The Hall–Kier alpha value is -1.79. The van der Waals surface area contributed by atoms with Gasteiger partial charge in [-0.1, -0.05) is 12.8 Å². The molecule has 1 saturated carbocycles. The molecule has 1 aromatic heterocycles. The van der Waals surface area contributed by atoms with E-state index in [1.807, 2.05) is 0 Å². The number of amides is 1. The molecule has 0 unspecified atom stereocenters. The van der Waals surface area contributed by atoms with Gasteiger partial charge < -0.3 is 10.3 Å². The smallest absolute Gasteiger partial charge is 0.352 e. The maximum absolute atomic E-state index is 13.1. The van der Waals surface area contributed by atoms with E-state index in [0.29, 0.717) is 29.7 Å². The summed E-state index contributed by atoms with van der Waals surface area (Å²) in [6, 6.07) is 1.77. The molecule has 2 atom stereocenters. The Balaban J connectivity index is 2.08. The van der Waals surface area contributed by atoms with Crippen molar-refractivity contribution >= 4 is 5.91 Å². The van der Waals surface area contributed by atoms with Gasteiger partial charge in [-0.2, -0.15) is 13.2 Å². The van der Waals surface area contributed by atoms with Crippen molar-refractivity contribution in [1.82, 2.24) is 10.3 Å². The molecule has 0 saturated heterocycles. The number of nitrogens with one attached hydrogen (secondary N) is 2. The quantitative estimate of drug-likeness (QED) is 0.895. The molecule has 1 amide bonds. The van der Waals surface area contributed by atoms with Crippen LogP contribution in [0.4, 0.5) is 13.2 Å². The summed E-state index contributed by atoms with van der Waals surface area (Å²) in [5, 5.41) is 2.51. The van der Waals surface area contributed by atoms with Crippen LogP contribution in [0, 0.1) is 25.7 Å².